The molecule has 0 fully saturated rings. The van der Waals surface area contributed by atoms with Gasteiger partial charge < -0.3 is 0 Å². The van der Waals surface area contributed by atoms with Crippen LogP contribution in [0.1, 0.15) is 45.1 Å². The van der Waals surface area contributed by atoms with Crippen molar-refractivity contribution >= 4 is 5.78 Å². The number of ketones is 1. The van der Waals surface area contributed by atoms with E-state index in [9.17, 15) is 4.79 Å². The van der Waals surface area contributed by atoms with Crippen molar-refractivity contribution in [1.29, 1.82) is 0 Å². The van der Waals surface area contributed by atoms with Crippen molar-refractivity contribution in [2.45, 2.75) is 32.6 Å². The molecule has 0 N–H and O–H groups in total. The van der Waals surface area contributed by atoms with Crippen LogP contribution in [-0.2, 0) is 6.42 Å². The van der Waals surface area contributed by atoms with Crippen LogP contribution in [0.25, 0.3) is 5.69 Å². The Morgan fingerprint density at radius 3 is 2.67 bits per heavy atom. The van der Waals surface area contributed by atoms with E-state index in [0.29, 0.717) is 6.42 Å². The molecule has 0 saturated heterocycles. The second-order valence-corrected chi connectivity index (χ2v) is 6.64. The van der Waals surface area contributed by atoms with Crippen LogP contribution >= 0.6 is 0 Å². The van der Waals surface area contributed by atoms with Gasteiger partial charge in [-0.3, -0.25) is 4.79 Å². The molecular weight excluding hydrogens is 296 g/mol. The van der Waals surface area contributed by atoms with Crippen molar-refractivity contribution in [3.05, 3.63) is 82.7 Å². The summed E-state index contributed by atoms with van der Waals surface area (Å²) >= 11 is 0. The van der Waals surface area contributed by atoms with Crippen molar-refractivity contribution < 1.29 is 4.79 Å². The van der Waals surface area contributed by atoms with E-state index in [1.54, 1.807) is 6.20 Å². The van der Waals surface area contributed by atoms with Crippen LogP contribution in [0.4, 0.5) is 0 Å². The number of hydrogen-bond donors (Lipinski definition) is 0. The van der Waals surface area contributed by atoms with Crippen LogP contribution in [-0.4, -0.2) is 15.6 Å². The summed E-state index contributed by atoms with van der Waals surface area (Å²) in [6, 6.07) is 16.6. The molecule has 0 radical (unpaired) electrons. The Morgan fingerprint density at radius 2 is 1.88 bits per heavy atom. The minimum absolute atomic E-state index is 0.198. The van der Waals surface area contributed by atoms with E-state index in [4.69, 9.17) is 0 Å². The van der Waals surface area contributed by atoms with E-state index in [1.165, 1.54) is 16.7 Å². The van der Waals surface area contributed by atoms with Crippen molar-refractivity contribution in [1.82, 2.24) is 9.78 Å². The molecule has 24 heavy (non-hydrogen) atoms. The topological polar surface area (TPSA) is 34.9 Å². The Kier molecular flexibility index (Phi) is 3.57. The van der Waals surface area contributed by atoms with Gasteiger partial charge in [-0.1, -0.05) is 36.4 Å². The summed E-state index contributed by atoms with van der Waals surface area (Å²) in [6.07, 6.45) is 3.14. The Morgan fingerprint density at radius 1 is 1.04 bits per heavy atom. The third-order valence-electron chi connectivity index (χ3n) is 4.92. The molecule has 1 aliphatic rings. The minimum atomic E-state index is 0.198. The monoisotopic (exact) mass is 316 g/mol. The maximum atomic E-state index is 12.6. The Bertz CT molecular complexity index is 923. The first-order valence-corrected chi connectivity index (χ1v) is 8.36. The van der Waals surface area contributed by atoms with E-state index >= 15 is 0 Å². The van der Waals surface area contributed by atoms with Crippen LogP contribution in [0.15, 0.2) is 54.7 Å². The molecule has 0 bridgehead atoms. The SMILES string of the molecule is Cc1cccc(-n2ncc3c2C[C@H](c2ccccc2C)CC3=O)c1. The highest BCUT2D eigenvalue weighted by molar-refractivity contribution is 5.98. The quantitative estimate of drug-likeness (QED) is 0.702. The highest BCUT2D eigenvalue weighted by Gasteiger charge is 2.30. The Hall–Kier alpha value is -2.68. The average molecular weight is 316 g/mol. The summed E-state index contributed by atoms with van der Waals surface area (Å²) < 4.78 is 1.94. The number of fused-ring (bicyclic) bond motifs is 1. The molecule has 0 aliphatic heterocycles. The smallest absolute Gasteiger partial charge is 0.166 e. The van der Waals surface area contributed by atoms with Gasteiger partial charge in [0.05, 0.1) is 23.1 Å². The highest BCUT2D eigenvalue weighted by atomic mass is 16.1. The lowest BCUT2D eigenvalue weighted by atomic mass is 9.81. The van der Waals surface area contributed by atoms with Gasteiger partial charge >= 0.3 is 0 Å². The summed E-state index contributed by atoms with van der Waals surface area (Å²) in [5.41, 5.74) is 6.55. The molecule has 120 valence electrons. The lowest BCUT2D eigenvalue weighted by Crippen LogP contribution is -2.20. The van der Waals surface area contributed by atoms with Gasteiger partial charge in [-0.25, -0.2) is 4.68 Å². The molecule has 3 heteroatoms. The number of carbonyl (C=O) groups is 1. The van der Waals surface area contributed by atoms with Crippen molar-refractivity contribution in [2.75, 3.05) is 0 Å². The predicted molar refractivity (Wildman–Crippen MR) is 94.9 cm³/mol. The summed E-state index contributed by atoms with van der Waals surface area (Å²) in [4.78, 5) is 12.6. The maximum Gasteiger partial charge on any atom is 0.166 e. The molecule has 1 atom stereocenters. The van der Waals surface area contributed by atoms with E-state index in [1.807, 2.05) is 22.9 Å². The van der Waals surface area contributed by atoms with Crippen LogP contribution in [0, 0.1) is 13.8 Å². The van der Waals surface area contributed by atoms with Crippen LogP contribution < -0.4 is 0 Å². The van der Waals surface area contributed by atoms with Crippen LogP contribution in [0.2, 0.25) is 0 Å². The number of nitrogens with zero attached hydrogens (tertiary/aromatic N) is 2. The van der Waals surface area contributed by atoms with Gasteiger partial charge in [0.15, 0.2) is 5.78 Å². The third-order valence-corrected chi connectivity index (χ3v) is 4.92. The normalized spacial score (nSPS) is 16.9. The largest absolute Gasteiger partial charge is 0.294 e. The van der Waals surface area contributed by atoms with Crippen LogP contribution in [0.5, 0.6) is 0 Å². The standard InChI is InChI=1S/C21H20N2O/c1-14-6-5-8-17(10-14)23-20-11-16(12-21(24)19(20)13-22-23)18-9-4-3-7-15(18)2/h3-10,13,16H,11-12H2,1-2H3/t16-/m0/s1. The molecular formula is C21H20N2O. The third kappa shape index (κ3) is 2.46. The lowest BCUT2D eigenvalue weighted by Gasteiger charge is -2.24. The second kappa shape index (κ2) is 5.75. The minimum Gasteiger partial charge on any atom is -0.294 e. The van der Waals surface area contributed by atoms with E-state index in [0.717, 1.165) is 23.4 Å². The second-order valence-electron chi connectivity index (χ2n) is 6.64. The highest BCUT2D eigenvalue weighted by Crippen LogP contribution is 2.35. The number of benzene rings is 2. The molecule has 0 saturated carbocycles. The zero-order valence-corrected chi connectivity index (χ0v) is 14.0. The van der Waals surface area contributed by atoms with Gasteiger partial charge in [0.25, 0.3) is 0 Å². The lowest BCUT2D eigenvalue weighted by molar-refractivity contribution is 0.0963. The molecule has 3 aromatic rings. The molecule has 1 aromatic heterocycles. The van der Waals surface area contributed by atoms with Gasteiger partial charge in [0.2, 0.25) is 0 Å². The fourth-order valence-corrected chi connectivity index (χ4v) is 3.69. The molecule has 1 heterocycles. The fourth-order valence-electron chi connectivity index (χ4n) is 3.69. The first kappa shape index (κ1) is 14.9. The summed E-state index contributed by atoms with van der Waals surface area (Å²) in [7, 11) is 0. The molecule has 4 rings (SSSR count). The van der Waals surface area contributed by atoms with E-state index < -0.39 is 0 Å². The average Bonchev–Trinajstić information content (AvgIpc) is 3.00. The first-order chi connectivity index (χ1) is 11.6. The fraction of sp³-hybridized carbons (Fsp3) is 0.238. The zero-order chi connectivity index (χ0) is 16.7. The molecule has 0 unspecified atom stereocenters. The molecule has 0 amide bonds. The predicted octanol–water partition coefficient (Wildman–Crippen LogP) is 4.40. The summed E-state index contributed by atoms with van der Waals surface area (Å²) in [5, 5.41) is 4.51. The van der Waals surface area contributed by atoms with Gasteiger partial charge in [0.1, 0.15) is 0 Å². The van der Waals surface area contributed by atoms with Crippen molar-refractivity contribution in [2.24, 2.45) is 0 Å². The molecule has 3 nitrogen and oxygen atoms in total. The van der Waals surface area contributed by atoms with E-state index in [2.05, 4.69) is 49.3 Å². The molecule has 1 aliphatic carbocycles. The van der Waals surface area contributed by atoms with E-state index in [-0.39, 0.29) is 11.7 Å². The Balaban J connectivity index is 1.78. The van der Waals surface area contributed by atoms with Crippen molar-refractivity contribution in [3.8, 4) is 5.69 Å². The number of Topliss-reactive ketones (excluding diaryl/α,β-unsaturated/α-hetero) is 1. The summed E-state index contributed by atoms with van der Waals surface area (Å²) in [6.45, 7) is 4.19. The first-order valence-electron chi connectivity index (χ1n) is 8.36. The van der Waals surface area contributed by atoms with Gasteiger partial charge in [-0.05, 0) is 55.0 Å². The van der Waals surface area contributed by atoms with Crippen LogP contribution in [0.3, 0.4) is 0 Å². The number of rotatable bonds is 2. The van der Waals surface area contributed by atoms with Gasteiger partial charge in [0, 0.05) is 6.42 Å². The van der Waals surface area contributed by atoms with Gasteiger partial charge in [-0.2, -0.15) is 5.10 Å². The zero-order valence-electron chi connectivity index (χ0n) is 14.0. The number of hydrogen-bond acceptors (Lipinski definition) is 2. The molecule has 0 spiro atoms. The number of aromatic nitrogens is 2. The number of aryl methyl sites for hydroxylation is 2. The maximum absolute atomic E-state index is 12.6. The molecule has 2 aromatic carbocycles. The Labute approximate surface area is 141 Å². The summed E-state index contributed by atoms with van der Waals surface area (Å²) in [5.74, 6) is 0.426. The van der Waals surface area contributed by atoms with Crippen molar-refractivity contribution in [3.63, 3.8) is 0 Å². The number of carbonyl (C=O) groups excluding carboxylic acids is 1. The van der Waals surface area contributed by atoms with Gasteiger partial charge in [-0.15, -0.1) is 0 Å².